The number of hydrogen-bond donors (Lipinski definition) is 4. The van der Waals surface area contributed by atoms with Crippen LogP contribution in [0.4, 0.5) is 0 Å². The van der Waals surface area contributed by atoms with Crippen LogP contribution in [0.3, 0.4) is 0 Å². The molecule has 0 bridgehead atoms. The van der Waals surface area contributed by atoms with Crippen LogP contribution < -0.4 is 5.32 Å². The Kier molecular flexibility index (Phi) is 9.19. The first-order valence-corrected chi connectivity index (χ1v) is 7.55. The molecule has 0 aromatic rings. The zero-order chi connectivity index (χ0) is 17.9. The molecule has 24 heavy (non-hydrogen) atoms. The van der Waals surface area contributed by atoms with Crippen molar-refractivity contribution in [1.82, 2.24) is 20.2 Å². The second kappa shape index (κ2) is 10.9. The summed E-state index contributed by atoms with van der Waals surface area (Å²) in [5.41, 5.74) is 0. The van der Waals surface area contributed by atoms with Gasteiger partial charge in [0.05, 0.1) is 13.1 Å². The van der Waals surface area contributed by atoms with E-state index in [4.69, 9.17) is 20.2 Å². The van der Waals surface area contributed by atoms with Crippen molar-refractivity contribution in [3.8, 4) is 0 Å². The van der Waals surface area contributed by atoms with Gasteiger partial charge in [0, 0.05) is 39.3 Å². The van der Waals surface area contributed by atoms with Crippen molar-refractivity contribution in [2.24, 2.45) is 0 Å². The van der Waals surface area contributed by atoms with Crippen LogP contribution in [0.5, 0.6) is 0 Å². The molecule has 0 radical (unpaired) electrons. The van der Waals surface area contributed by atoms with Gasteiger partial charge in [0.25, 0.3) is 0 Å². The number of nitrogens with zero attached hydrogens (tertiary/aromatic N) is 3. The third-order valence-electron chi connectivity index (χ3n) is 3.33. The standard InChI is InChI=1S/C13H24N4O7/c18-11(19)7-15-3-1-14-2-4-17(9-13(22)23)24-10-16(6-5-15)8-12(20)21/h14H,1-10H2,(H,18,19)(H,20,21)(H,22,23). The molecule has 0 spiro atoms. The van der Waals surface area contributed by atoms with Gasteiger partial charge in [-0.1, -0.05) is 0 Å². The summed E-state index contributed by atoms with van der Waals surface area (Å²) in [7, 11) is 0. The van der Waals surface area contributed by atoms with E-state index in [1.165, 1.54) is 9.96 Å². The van der Waals surface area contributed by atoms with E-state index in [1.54, 1.807) is 4.90 Å². The third-order valence-corrected chi connectivity index (χ3v) is 3.33. The smallest absolute Gasteiger partial charge is 0.320 e. The monoisotopic (exact) mass is 348 g/mol. The molecule has 11 nitrogen and oxygen atoms in total. The molecule has 0 atom stereocenters. The van der Waals surface area contributed by atoms with E-state index < -0.39 is 17.9 Å². The van der Waals surface area contributed by atoms with Crippen LogP contribution in [0.25, 0.3) is 0 Å². The molecule has 0 aliphatic carbocycles. The average molecular weight is 348 g/mol. The quantitative estimate of drug-likeness (QED) is 0.409. The van der Waals surface area contributed by atoms with E-state index in [9.17, 15) is 14.4 Å². The van der Waals surface area contributed by atoms with Gasteiger partial charge in [0.1, 0.15) is 13.3 Å². The van der Waals surface area contributed by atoms with Gasteiger partial charge in [-0.05, 0) is 0 Å². The number of carboxylic acid groups (broad SMARTS) is 3. The maximum Gasteiger partial charge on any atom is 0.320 e. The van der Waals surface area contributed by atoms with Crippen molar-refractivity contribution in [2.75, 3.05) is 65.6 Å². The van der Waals surface area contributed by atoms with E-state index in [2.05, 4.69) is 5.32 Å². The van der Waals surface area contributed by atoms with Crippen LogP contribution in [0, 0.1) is 0 Å². The summed E-state index contributed by atoms with van der Waals surface area (Å²) < 4.78 is 0. The molecule has 0 aromatic carbocycles. The summed E-state index contributed by atoms with van der Waals surface area (Å²) in [6.07, 6.45) is 0. The maximum atomic E-state index is 10.9. The largest absolute Gasteiger partial charge is 0.480 e. The zero-order valence-electron chi connectivity index (χ0n) is 13.4. The lowest BCUT2D eigenvalue weighted by Crippen LogP contribution is -2.46. The molecule has 1 aliphatic heterocycles. The summed E-state index contributed by atoms with van der Waals surface area (Å²) in [5, 5.41) is 31.1. The fraction of sp³-hybridized carbons (Fsp3) is 0.769. The van der Waals surface area contributed by atoms with Gasteiger partial charge in [0.2, 0.25) is 0 Å². The van der Waals surface area contributed by atoms with Crippen LogP contribution in [0.2, 0.25) is 0 Å². The Labute approximate surface area is 139 Å². The number of hydrogen-bond acceptors (Lipinski definition) is 8. The fourth-order valence-electron chi connectivity index (χ4n) is 2.19. The Balaban J connectivity index is 2.68. The molecule has 0 unspecified atom stereocenters. The lowest BCUT2D eigenvalue weighted by atomic mass is 10.4. The Morgan fingerprint density at radius 3 is 1.96 bits per heavy atom. The topological polar surface area (TPSA) is 143 Å². The Morgan fingerprint density at radius 2 is 1.33 bits per heavy atom. The molecule has 1 aliphatic rings. The summed E-state index contributed by atoms with van der Waals surface area (Å²) in [4.78, 5) is 41.3. The molecular formula is C13H24N4O7. The molecule has 138 valence electrons. The Bertz CT molecular complexity index is 405. The van der Waals surface area contributed by atoms with Gasteiger partial charge >= 0.3 is 17.9 Å². The highest BCUT2D eigenvalue weighted by molar-refractivity contribution is 5.69. The second-order valence-electron chi connectivity index (χ2n) is 5.38. The van der Waals surface area contributed by atoms with Crippen LogP contribution in [0.1, 0.15) is 0 Å². The van der Waals surface area contributed by atoms with E-state index in [-0.39, 0.29) is 26.4 Å². The molecular weight excluding hydrogens is 324 g/mol. The maximum absolute atomic E-state index is 10.9. The van der Waals surface area contributed by atoms with Gasteiger partial charge in [-0.2, -0.15) is 5.06 Å². The van der Waals surface area contributed by atoms with Crippen LogP contribution in [0.15, 0.2) is 0 Å². The highest BCUT2D eigenvalue weighted by Gasteiger charge is 2.18. The molecule has 1 fully saturated rings. The van der Waals surface area contributed by atoms with Gasteiger partial charge in [-0.3, -0.25) is 29.0 Å². The van der Waals surface area contributed by atoms with Crippen molar-refractivity contribution in [3.05, 3.63) is 0 Å². The van der Waals surface area contributed by atoms with E-state index in [0.29, 0.717) is 39.3 Å². The highest BCUT2D eigenvalue weighted by Crippen LogP contribution is 1.98. The van der Waals surface area contributed by atoms with E-state index in [0.717, 1.165) is 0 Å². The minimum atomic E-state index is -1.04. The second-order valence-corrected chi connectivity index (χ2v) is 5.38. The lowest BCUT2D eigenvalue weighted by molar-refractivity contribution is -0.200. The number of aliphatic carboxylic acids is 3. The van der Waals surface area contributed by atoms with E-state index >= 15 is 0 Å². The summed E-state index contributed by atoms with van der Waals surface area (Å²) in [6, 6.07) is 0. The minimum absolute atomic E-state index is 0.0828. The van der Waals surface area contributed by atoms with Gasteiger partial charge in [-0.15, -0.1) is 0 Å². The predicted octanol–water partition coefficient (Wildman–Crippen LogP) is -2.36. The highest BCUT2D eigenvalue weighted by atomic mass is 16.7. The number of nitrogens with one attached hydrogen (secondary N) is 1. The lowest BCUT2D eigenvalue weighted by Gasteiger charge is -2.29. The minimum Gasteiger partial charge on any atom is -0.480 e. The zero-order valence-corrected chi connectivity index (χ0v) is 13.4. The molecule has 11 heteroatoms. The van der Waals surface area contributed by atoms with Gasteiger partial charge in [-0.25, -0.2) is 0 Å². The van der Waals surface area contributed by atoms with Crippen molar-refractivity contribution >= 4 is 17.9 Å². The average Bonchev–Trinajstić information content (AvgIpc) is 2.45. The van der Waals surface area contributed by atoms with Crippen molar-refractivity contribution in [1.29, 1.82) is 0 Å². The number of hydroxylamine groups is 2. The first kappa shape index (κ1) is 20.3. The number of carbonyl (C=O) groups is 3. The van der Waals surface area contributed by atoms with Gasteiger partial charge < -0.3 is 20.6 Å². The first-order valence-electron chi connectivity index (χ1n) is 7.55. The predicted molar refractivity (Wildman–Crippen MR) is 81.3 cm³/mol. The Hall–Kier alpha value is -1.79. The van der Waals surface area contributed by atoms with Crippen LogP contribution >= 0.6 is 0 Å². The summed E-state index contributed by atoms with van der Waals surface area (Å²) in [5.74, 6) is -3.03. The number of carboxylic acids is 3. The molecule has 1 saturated heterocycles. The van der Waals surface area contributed by atoms with Gasteiger partial charge in [0.15, 0.2) is 0 Å². The molecule has 0 amide bonds. The summed E-state index contributed by atoms with van der Waals surface area (Å²) in [6.45, 7) is 1.66. The third kappa shape index (κ3) is 9.37. The fourth-order valence-corrected chi connectivity index (χ4v) is 2.19. The molecule has 0 saturated carbocycles. The summed E-state index contributed by atoms with van der Waals surface area (Å²) >= 11 is 0. The van der Waals surface area contributed by atoms with Crippen LogP contribution in [-0.4, -0.2) is 114 Å². The molecule has 1 heterocycles. The van der Waals surface area contributed by atoms with Crippen molar-refractivity contribution < 1.29 is 34.5 Å². The normalized spacial score (nSPS) is 20.0. The van der Waals surface area contributed by atoms with Crippen LogP contribution in [-0.2, 0) is 19.2 Å². The molecule has 0 aromatic heterocycles. The first-order chi connectivity index (χ1) is 11.4. The Morgan fingerprint density at radius 1 is 0.792 bits per heavy atom. The molecule has 4 N–H and O–H groups in total. The van der Waals surface area contributed by atoms with Crippen molar-refractivity contribution in [3.63, 3.8) is 0 Å². The molecule has 1 rings (SSSR count). The SMILES string of the molecule is O=C(O)CN1CCNCCN(CC(=O)O)OCN(CC(=O)O)CC1. The van der Waals surface area contributed by atoms with Crippen molar-refractivity contribution in [2.45, 2.75) is 0 Å². The van der Waals surface area contributed by atoms with E-state index in [1.807, 2.05) is 0 Å². The number of rotatable bonds is 6.